The lowest BCUT2D eigenvalue weighted by atomic mass is 10.1. The van der Waals surface area contributed by atoms with Crippen molar-refractivity contribution in [2.45, 2.75) is 13.5 Å². The molecule has 23 heavy (non-hydrogen) atoms. The Morgan fingerprint density at radius 1 is 1.22 bits per heavy atom. The van der Waals surface area contributed by atoms with E-state index in [0.717, 1.165) is 21.3 Å². The van der Waals surface area contributed by atoms with Crippen molar-refractivity contribution < 1.29 is 0 Å². The first kappa shape index (κ1) is 14.4. The van der Waals surface area contributed by atoms with E-state index in [1.165, 1.54) is 11.3 Å². The Balaban J connectivity index is 1.87. The summed E-state index contributed by atoms with van der Waals surface area (Å²) in [6.07, 6.45) is 1.56. The molecule has 0 spiro atoms. The normalized spacial score (nSPS) is 11.4. The van der Waals surface area contributed by atoms with Gasteiger partial charge in [-0.25, -0.2) is 9.97 Å². The number of nitrogens with zero attached hydrogens (tertiary/aromatic N) is 3. The molecule has 0 atom stereocenters. The van der Waals surface area contributed by atoms with Crippen molar-refractivity contribution in [2.75, 3.05) is 0 Å². The second kappa shape index (κ2) is 5.44. The number of halogens is 1. The lowest BCUT2D eigenvalue weighted by Crippen LogP contribution is -2.21. The summed E-state index contributed by atoms with van der Waals surface area (Å²) in [7, 11) is 0. The molecule has 0 aliphatic rings. The molecule has 0 radical (unpaired) electrons. The van der Waals surface area contributed by atoms with Crippen LogP contribution in [-0.4, -0.2) is 14.5 Å². The van der Waals surface area contributed by atoms with Crippen LogP contribution in [0.25, 0.3) is 21.1 Å². The third-order valence-electron chi connectivity index (χ3n) is 3.92. The first-order valence-electron chi connectivity index (χ1n) is 7.11. The Morgan fingerprint density at radius 2 is 2.04 bits per heavy atom. The minimum absolute atomic E-state index is 0.0695. The Bertz CT molecular complexity index is 1100. The highest BCUT2D eigenvalue weighted by molar-refractivity contribution is 7.16. The van der Waals surface area contributed by atoms with Gasteiger partial charge in [-0.15, -0.1) is 11.3 Å². The molecule has 0 saturated heterocycles. The van der Waals surface area contributed by atoms with Gasteiger partial charge in [0.2, 0.25) is 0 Å². The molecule has 0 aliphatic carbocycles. The van der Waals surface area contributed by atoms with Gasteiger partial charge in [0.05, 0.1) is 34.5 Å². The molecule has 0 bridgehead atoms. The molecule has 4 aromatic rings. The Kier molecular flexibility index (Phi) is 3.39. The number of para-hydroxylation sites is 1. The van der Waals surface area contributed by atoms with Crippen LogP contribution in [0.1, 0.15) is 11.3 Å². The number of hydrogen-bond acceptors (Lipinski definition) is 4. The summed E-state index contributed by atoms with van der Waals surface area (Å²) in [5.41, 5.74) is 2.47. The zero-order valence-electron chi connectivity index (χ0n) is 12.3. The molecule has 6 heteroatoms. The number of thiophene rings is 1. The topological polar surface area (TPSA) is 47.8 Å². The monoisotopic (exact) mass is 341 g/mol. The molecule has 3 heterocycles. The summed E-state index contributed by atoms with van der Waals surface area (Å²) < 4.78 is 1.55. The molecule has 0 N–H and O–H groups in total. The summed E-state index contributed by atoms with van der Waals surface area (Å²) in [4.78, 5) is 22.2. The standard InChI is InChI=1S/C17H12ClN3OS/c1-10-11-4-2-3-5-13(11)20-14(15(10)18)8-21-9-19-16-12(17(21)22)6-7-23-16/h2-7,9H,8H2,1H3. The maximum atomic E-state index is 12.5. The van der Waals surface area contributed by atoms with E-state index in [0.29, 0.717) is 22.6 Å². The lowest BCUT2D eigenvalue weighted by Gasteiger charge is -2.11. The predicted molar refractivity (Wildman–Crippen MR) is 94.5 cm³/mol. The van der Waals surface area contributed by atoms with Gasteiger partial charge < -0.3 is 0 Å². The van der Waals surface area contributed by atoms with Crippen LogP contribution in [0.15, 0.2) is 46.8 Å². The van der Waals surface area contributed by atoms with Crippen LogP contribution in [0, 0.1) is 6.92 Å². The van der Waals surface area contributed by atoms with Crippen LogP contribution in [0.4, 0.5) is 0 Å². The van der Waals surface area contributed by atoms with Crippen LogP contribution in [0.2, 0.25) is 5.02 Å². The average Bonchev–Trinajstić information content (AvgIpc) is 3.04. The van der Waals surface area contributed by atoms with E-state index in [-0.39, 0.29) is 5.56 Å². The van der Waals surface area contributed by atoms with Gasteiger partial charge in [0.25, 0.3) is 5.56 Å². The van der Waals surface area contributed by atoms with Crippen molar-refractivity contribution in [2.24, 2.45) is 0 Å². The summed E-state index contributed by atoms with van der Waals surface area (Å²) >= 11 is 7.93. The Morgan fingerprint density at radius 3 is 2.91 bits per heavy atom. The van der Waals surface area contributed by atoms with Crippen LogP contribution >= 0.6 is 22.9 Å². The van der Waals surface area contributed by atoms with E-state index >= 15 is 0 Å². The van der Waals surface area contributed by atoms with Gasteiger partial charge in [-0.05, 0) is 30.0 Å². The van der Waals surface area contributed by atoms with E-state index in [1.807, 2.05) is 36.6 Å². The summed E-state index contributed by atoms with van der Waals surface area (Å²) in [5.74, 6) is 0. The van der Waals surface area contributed by atoms with E-state index in [4.69, 9.17) is 11.6 Å². The first-order valence-corrected chi connectivity index (χ1v) is 8.37. The van der Waals surface area contributed by atoms with Gasteiger partial charge in [-0.1, -0.05) is 29.8 Å². The van der Waals surface area contributed by atoms with Gasteiger partial charge in [0.15, 0.2) is 0 Å². The summed E-state index contributed by atoms with van der Waals surface area (Å²) in [6.45, 7) is 2.28. The van der Waals surface area contributed by atoms with Crippen molar-refractivity contribution >= 4 is 44.1 Å². The number of rotatable bonds is 2. The van der Waals surface area contributed by atoms with Gasteiger partial charge in [-0.2, -0.15) is 0 Å². The van der Waals surface area contributed by atoms with Crippen LogP contribution in [0.3, 0.4) is 0 Å². The zero-order valence-corrected chi connectivity index (χ0v) is 13.9. The van der Waals surface area contributed by atoms with Crippen LogP contribution in [-0.2, 0) is 6.54 Å². The number of hydrogen-bond donors (Lipinski definition) is 0. The van der Waals surface area contributed by atoms with Crippen molar-refractivity contribution in [3.8, 4) is 0 Å². The average molecular weight is 342 g/mol. The van der Waals surface area contributed by atoms with E-state index in [2.05, 4.69) is 9.97 Å². The molecule has 4 nitrogen and oxygen atoms in total. The second-order valence-corrected chi connectivity index (χ2v) is 6.60. The third-order valence-corrected chi connectivity index (χ3v) is 5.24. The molecule has 0 unspecified atom stereocenters. The summed E-state index contributed by atoms with van der Waals surface area (Å²) in [6, 6.07) is 9.65. The number of aryl methyl sites for hydroxylation is 1. The zero-order chi connectivity index (χ0) is 16.0. The fourth-order valence-corrected chi connectivity index (χ4v) is 3.62. The fourth-order valence-electron chi connectivity index (χ4n) is 2.69. The highest BCUT2D eigenvalue weighted by atomic mass is 35.5. The molecule has 1 aromatic carbocycles. The molecular weight excluding hydrogens is 330 g/mol. The SMILES string of the molecule is Cc1c(Cl)c(Cn2cnc3sccc3c2=O)nc2ccccc12. The summed E-state index contributed by atoms with van der Waals surface area (Å²) in [5, 5.41) is 4.13. The predicted octanol–water partition coefficient (Wildman–Crippen LogP) is 4.02. The Hall–Kier alpha value is -2.24. The minimum Gasteiger partial charge on any atom is -0.293 e. The van der Waals surface area contributed by atoms with Gasteiger partial charge >= 0.3 is 0 Å². The number of benzene rings is 1. The lowest BCUT2D eigenvalue weighted by molar-refractivity contribution is 0.733. The third kappa shape index (κ3) is 2.33. The maximum absolute atomic E-state index is 12.5. The molecule has 0 fully saturated rings. The first-order chi connectivity index (χ1) is 11.1. The molecule has 0 amide bonds. The van der Waals surface area contributed by atoms with Gasteiger partial charge in [-0.3, -0.25) is 9.36 Å². The van der Waals surface area contributed by atoms with Crippen LogP contribution in [0.5, 0.6) is 0 Å². The minimum atomic E-state index is -0.0695. The molecular formula is C17H12ClN3OS. The van der Waals surface area contributed by atoms with Crippen molar-refractivity contribution in [3.05, 3.63) is 68.7 Å². The van der Waals surface area contributed by atoms with Crippen molar-refractivity contribution in [3.63, 3.8) is 0 Å². The van der Waals surface area contributed by atoms with Crippen molar-refractivity contribution in [1.29, 1.82) is 0 Å². The fraction of sp³-hybridized carbons (Fsp3) is 0.118. The highest BCUT2D eigenvalue weighted by Crippen LogP contribution is 2.27. The van der Waals surface area contributed by atoms with E-state index in [9.17, 15) is 4.79 Å². The van der Waals surface area contributed by atoms with Crippen molar-refractivity contribution in [1.82, 2.24) is 14.5 Å². The second-order valence-electron chi connectivity index (χ2n) is 5.33. The molecule has 0 aliphatic heterocycles. The highest BCUT2D eigenvalue weighted by Gasteiger charge is 2.12. The van der Waals surface area contributed by atoms with Crippen LogP contribution < -0.4 is 5.56 Å². The number of pyridine rings is 1. The molecule has 3 aromatic heterocycles. The number of fused-ring (bicyclic) bond motifs is 2. The quantitative estimate of drug-likeness (QED) is 0.553. The Labute approximate surface area is 141 Å². The van der Waals surface area contributed by atoms with E-state index in [1.54, 1.807) is 17.0 Å². The molecule has 0 saturated carbocycles. The largest absolute Gasteiger partial charge is 0.293 e. The molecule has 114 valence electrons. The number of aromatic nitrogens is 3. The van der Waals surface area contributed by atoms with Gasteiger partial charge in [0.1, 0.15) is 4.83 Å². The van der Waals surface area contributed by atoms with E-state index < -0.39 is 0 Å². The molecule has 4 rings (SSSR count). The van der Waals surface area contributed by atoms with Gasteiger partial charge in [0, 0.05) is 5.39 Å². The maximum Gasteiger partial charge on any atom is 0.262 e. The smallest absolute Gasteiger partial charge is 0.262 e.